The number of hydrogen-bond acceptors (Lipinski definition) is 4. The summed E-state index contributed by atoms with van der Waals surface area (Å²) in [5, 5.41) is 4.83. The molecule has 1 aliphatic rings. The molecule has 1 fully saturated rings. The lowest BCUT2D eigenvalue weighted by Crippen LogP contribution is -2.44. The highest BCUT2D eigenvalue weighted by molar-refractivity contribution is 5.92. The summed E-state index contributed by atoms with van der Waals surface area (Å²) in [6, 6.07) is 6.53. The van der Waals surface area contributed by atoms with Gasteiger partial charge < -0.3 is 9.64 Å². The number of halogens is 2. The molecule has 0 radical (unpaired) electrons. The lowest BCUT2D eigenvalue weighted by atomic mass is 10.1. The van der Waals surface area contributed by atoms with Crippen molar-refractivity contribution in [3.8, 4) is 0 Å². The average Bonchev–Trinajstić information content (AvgIpc) is 3.11. The summed E-state index contributed by atoms with van der Waals surface area (Å²) in [5.74, 6) is -1.78. The van der Waals surface area contributed by atoms with E-state index >= 15 is 0 Å². The van der Waals surface area contributed by atoms with Crippen LogP contribution in [0.5, 0.6) is 0 Å². The smallest absolute Gasteiger partial charge is 0.185 e. The quantitative estimate of drug-likeness (QED) is 0.733. The first-order chi connectivity index (χ1) is 12.1. The van der Waals surface area contributed by atoms with Crippen LogP contribution in [0.3, 0.4) is 0 Å². The minimum atomic E-state index is -0.899. The zero-order valence-electron chi connectivity index (χ0n) is 13.8. The Morgan fingerprint density at radius 3 is 3.00 bits per heavy atom. The molecule has 5 nitrogen and oxygen atoms in total. The zero-order chi connectivity index (χ0) is 17.4. The summed E-state index contributed by atoms with van der Waals surface area (Å²) >= 11 is 0. The Kier molecular flexibility index (Phi) is 4.09. The van der Waals surface area contributed by atoms with Crippen LogP contribution in [0, 0.1) is 18.6 Å². The minimum Gasteiger partial charge on any atom is -0.373 e. The molecular formula is C18H18F2N4O. The van der Waals surface area contributed by atoms with E-state index in [-0.39, 0.29) is 11.6 Å². The molecule has 3 aromatic rings. The highest BCUT2D eigenvalue weighted by Gasteiger charge is 2.24. The molecule has 4 rings (SSSR count). The Bertz CT molecular complexity index is 898. The number of morpholine rings is 1. The lowest BCUT2D eigenvalue weighted by molar-refractivity contribution is 0.0275. The molecule has 1 aromatic carbocycles. The highest BCUT2D eigenvalue weighted by Crippen LogP contribution is 2.30. The van der Waals surface area contributed by atoms with Crippen LogP contribution >= 0.6 is 0 Å². The third-order valence-corrected chi connectivity index (χ3v) is 4.41. The monoisotopic (exact) mass is 344 g/mol. The van der Waals surface area contributed by atoms with Crippen LogP contribution < -0.4 is 4.90 Å². The van der Waals surface area contributed by atoms with Crippen molar-refractivity contribution in [2.24, 2.45) is 0 Å². The van der Waals surface area contributed by atoms with E-state index in [0.29, 0.717) is 37.3 Å². The maximum Gasteiger partial charge on any atom is 0.185 e. The normalized spacial score (nSPS) is 18.0. The number of anilines is 1. The average molecular weight is 344 g/mol. The van der Waals surface area contributed by atoms with Crippen LogP contribution in [0.2, 0.25) is 0 Å². The molecule has 130 valence electrons. The van der Waals surface area contributed by atoms with Gasteiger partial charge in [-0.3, -0.25) is 4.68 Å². The van der Waals surface area contributed by atoms with Gasteiger partial charge in [-0.15, -0.1) is 0 Å². The van der Waals surface area contributed by atoms with Gasteiger partial charge in [0.05, 0.1) is 19.3 Å². The van der Waals surface area contributed by atoms with Crippen molar-refractivity contribution in [3.63, 3.8) is 0 Å². The zero-order valence-corrected chi connectivity index (χ0v) is 13.8. The molecule has 1 unspecified atom stereocenters. The fraction of sp³-hybridized carbons (Fsp3) is 0.333. The molecule has 0 spiro atoms. The van der Waals surface area contributed by atoms with Crippen LogP contribution in [0.25, 0.3) is 10.9 Å². The standard InChI is InChI=1S/C18H18F2N4O/c1-12-9-16(14-3-4-15(19)17(20)18(14)22-12)23-7-8-25-13(10-23)11-24-6-2-5-21-24/h2-6,9,13H,7-8,10-11H2,1H3. The van der Waals surface area contributed by atoms with Gasteiger partial charge in [-0.1, -0.05) is 0 Å². The predicted molar refractivity (Wildman–Crippen MR) is 90.6 cm³/mol. The summed E-state index contributed by atoms with van der Waals surface area (Å²) in [5.41, 5.74) is 1.59. The van der Waals surface area contributed by atoms with Crippen LogP contribution in [-0.4, -0.2) is 40.6 Å². The van der Waals surface area contributed by atoms with Gasteiger partial charge in [0, 0.05) is 42.3 Å². The van der Waals surface area contributed by atoms with Gasteiger partial charge in [-0.2, -0.15) is 5.10 Å². The summed E-state index contributed by atoms with van der Waals surface area (Å²) in [4.78, 5) is 6.33. The number of aryl methyl sites for hydroxylation is 1. The summed E-state index contributed by atoms with van der Waals surface area (Å²) < 4.78 is 35.4. The van der Waals surface area contributed by atoms with E-state index in [1.165, 1.54) is 0 Å². The first kappa shape index (κ1) is 16.0. The van der Waals surface area contributed by atoms with Crippen molar-refractivity contribution in [2.45, 2.75) is 19.6 Å². The van der Waals surface area contributed by atoms with E-state index < -0.39 is 11.6 Å². The Balaban J connectivity index is 1.67. The van der Waals surface area contributed by atoms with Gasteiger partial charge in [0.25, 0.3) is 0 Å². The fourth-order valence-electron chi connectivity index (χ4n) is 3.27. The summed E-state index contributed by atoms with van der Waals surface area (Å²) in [7, 11) is 0. The molecule has 1 saturated heterocycles. The van der Waals surface area contributed by atoms with Gasteiger partial charge in [0.15, 0.2) is 11.6 Å². The van der Waals surface area contributed by atoms with Gasteiger partial charge in [0.2, 0.25) is 0 Å². The number of benzene rings is 1. The van der Waals surface area contributed by atoms with Gasteiger partial charge >= 0.3 is 0 Å². The van der Waals surface area contributed by atoms with E-state index in [0.717, 1.165) is 11.8 Å². The number of ether oxygens (including phenoxy) is 1. The maximum absolute atomic E-state index is 14.2. The Morgan fingerprint density at radius 1 is 1.32 bits per heavy atom. The largest absolute Gasteiger partial charge is 0.373 e. The van der Waals surface area contributed by atoms with Crippen molar-refractivity contribution in [3.05, 3.63) is 54.0 Å². The molecular weight excluding hydrogens is 326 g/mol. The molecule has 1 aliphatic heterocycles. The number of pyridine rings is 1. The van der Waals surface area contributed by atoms with Crippen LogP contribution in [-0.2, 0) is 11.3 Å². The molecule has 3 heterocycles. The highest BCUT2D eigenvalue weighted by atomic mass is 19.2. The first-order valence-electron chi connectivity index (χ1n) is 8.21. The molecule has 25 heavy (non-hydrogen) atoms. The van der Waals surface area contributed by atoms with Gasteiger partial charge in [-0.25, -0.2) is 13.8 Å². The number of aromatic nitrogens is 3. The minimum absolute atomic E-state index is 0.0255. The van der Waals surface area contributed by atoms with Crippen molar-refractivity contribution in [1.29, 1.82) is 0 Å². The topological polar surface area (TPSA) is 43.2 Å². The van der Waals surface area contributed by atoms with Gasteiger partial charge in [-0.05, 0) is 31.2 Å². The Hall–Kier alpha value is -2.54. The predicted octanol–water partition coefficient (Wildman–Crippen LogP) is 2.92. The Labute approximate surface area is 143 Å². The maximum atomic E-state index is 14.2. The van der Waals surface area contributed by atoms with Crippen LogP contribution in [0.15, 0.2) is 36.7 Å². The number of hydrogen-bond donors (Lipinski definition) is 0. The fourth-order valence-corrected chi connectivity index (χ4v) is 3.27. The summed E-state index contributed by atoms with van der Waals surface area (Å²) in [6.07, 6.45) is 3.60. The van der Waals surface area contributed by atoms with Crippen molar-refractivity contribution in [2.75, 3.05) is 24.6 Å². The van der Waals surface area contributed by atoms with E-state index in [1.54, 1.807) is 19.2 Å². The molecule has 1 atom stereocenters. The number of nitrogens with zero attached hydrogens (tertiary/aromatic N) is 4. The lowest BCUT2D eigenvalue weighted by Gasteiger charge is -2.35. The van der Waals surface area contributed by atoms with Gasteiger partial charge in [0.1, 0.15) is 5.52 Å². The second kappa shape index (κ2) is 6.40. The second-order valence-electron chi connectivity index (χ2n) is 6.21. The van der Waals surface area contributed by atoms with Crippen LogP contribution in [0.4, 0.5) is 14.5 Å². The van der Waals surface area contributed by atoms with Crippen molar-refractivity contribution < 1.29 is 13.5 Å². The molecule has 0 bridgehead atoms. The molecule has 0 aliphatic carbocycles. The van der Waals surface area contributed by atoms with Crippen LogP contribution in [0.1, 0.15) is 5.69 Å². The van der Waals surface area contributed by atoms with E-state index in [9.17, 15) is 8.78 Å². The molecule has 0 amide bonds. The number of fused-ring (bicyclic) bond motifs is 1. The molecule has 0 saturated carbocycles. The number of rotatable bonds is 3. The second-order valence-corrected chi connectivity index (χ2v) is 6.21. The molecule has 7 heteroatoms. The van der Waals surface area contributed by atoms with Crippen molar-refractivity contribution in [1.82, 2.24) is 14.8 Å². The first-order valence-corrected chi connectivity index (χ1v) is 8.21. The van der Waals surface area contributed by atoms with E-state index in [4.69, 9.17) is 4.74 Å². The molecule has 0 N–H and O–H groups in total. The van der Waals surface area contributed by atoms with E-state index in [2.05, 4.69) is 15.0 Å². The molecule has 2 aromatic heterocycles. The van der Waals surface area contributed by atoms with Crippen molar-refractivity contribution >= 4 is 16.6 Å². The van der Waals surface area contributed by atoms with E-state index in [1.807, 2.05) is 23.0 Å². The third kappa shape index (κ3) is 3.07. The Morgan fingerprint density at radius 2 is 2.20 bits per heavy atom. The SMILES string of the molecule is Cc1cc(N2CCOC(Cn3cccn3)C2)c2ccc(F)c(F)c2n1. The summed E-state index contributed by atoms with van der Waals surface area (Å²) in [6.45, 7) is 4.34. The third-order valence-electron chi connectivity index (χ3n) is 4.41.